The third kappa shape index (κ3) is 4.85. The summed E-state index contributed by atoms with van der Waals surface area (Å²) in [5, 5.41) is 0. The lowest BCUT2D eigenvalue weighted by atomic mass is 10.2. The minimum atomic E-state index is 0.396. The number of benzene rings is 1. The van der Waals surface area contributed by atoms with Crippen molar-refractivity contribution < 1.29 is 19.0 Å². The zero-order valence-corrected chi connectivity index (χ0v) is 11.2. The van der Waals surface area contributed by atoms with Crippen molar-refractivity contribution in [2.45, 2.75) is 0 Å². The van der Waals surface area contributed by atoms with Crippen LogP contribution in [0.15, 0.2) is 22.7 Å². The van der Waals surface area contributed by atoms with E-state index >= 15 is 0 Å². The van der Waals surface area contributed by atoms with E-state index in [4.69, 9.17) is 14.2 Å². The van der Waals surface area contributed by atoms with Gasteiger partial charge in [0.05, 0.1) is 29.9 Å². The van der Waals surface area contributed by atoms with Crippen LogP contribution >= 0.6 is 15.9 Å². The maximum Gasteiger partial charge on any atom is 0.153 e. The number of para-hydroxylation sites is 1. The van der Waals surface area contributed by atoms with Crippen LogP contribution in [0.4, 0.5) is 0 Å². The average Bonchev–Trinajstić information content (AvgIpc) is 2.35. The smallest absolute Gasteiger partial charge is 0.153 e. The number of hydrogen-bond donors (Lipinski definition) is 0. The normalized spacial score (nSPS) is 10.2. The van der Waals surface area contributed by atoms with Gasteiger partial charge < -0.3 is 14.2 Å². The summed E-state index contributed by atoms with van der Waals surface area (Å²) in [7, 11) is 1.62. The van der Waals surface area contributed by atoms with Crippen LogP contribution in [0.1, 0.15) is 10.4 Å². The van der Waals surface area contributed by atoms with E-state index in [0.717, 1.165) is 10.8 Å². The Bertz CT molecular complexity index is 354. The molecule has 0 unspecified atom stereocenters. The molecule has 94 valence electrons. The first kappa shape index (κ1) is 14.2. The fourth-order valence-corrected chi connectivity index (χ4v) is 1.71. The van der Waals surface area contributed by atoms with Gasteiger partial charge >= 0.3 is 0 Å². The van der Waals surface area contributed by atoms with Crippen molar-refractivity contribution in [3.8, 4) is 5.75 Å². The largest absolute Gasteiger partial charge is 0.489 e. The predicted octanol–water partition coefficient (Wildman–Crippen LogP) is 2.30. The van der Waals surface area contributed by atoms with Gasteiger partial charge in [0.15, 0.2) is 6.29 Å². The molecule has 1 aromatic rings. The second kappa shape index (κ2) is 8.22. The molecule has 0 saturated heterocycles. The Labute approximate surface area is 109 Å². The summed E-state index contributed by atoms with van der Waals surface area (Å²) in [6.45, 7) is 1.96. The second-order valence-corrected chi connectivity index (χ2v) is 4.08. The van der Waals surface area contributed by atoms with Gasteiger partial charge in [-0.3, -0.25) is 4.79 Å². The first-order chi connectivity index (χ1) is 8.29. The molecule has 0 N–H and O–H groups in total. The van der Waals surface area contributed by atoms with Gasteiger partial charge in [-0.2, -0.15) is 0 Å². The number of aldehydes is 1. The van der Waals surface area contributed by atoms with Gasteiger partial charge in [0.1, 0.15) is 12.4 Å². The van der Waals surface area contributed by atoms with Crippen molar-refractivity contribution >= 4 is 22.2 Å². The maximum atomic E-state index is 10.8. The van der Waals surface area contributed by atoms with Crippen LogP contribution in [-0.4, -0.2) is 39.8 Å². The van der Waals surface area contributed by atoms with Crippen LogP contribution in [0.2, 0.25) is 0 Å². The van der Waals surface area contributed by atoms with Gasteiger partial charge in [0, 0.05) is 7.11 Å². The van der Waals surface area contributed by atoms with Gasteiger partial charge in [-0.1, -0.05) is 6.07 Å². The Morgan fingerprint density at radius 2 is 2.00 bits per heavy atom. The van der Waals surface area contributed by atoms with Gasteiger partial charge in [0.2, 0.25) is 0 Å². The maximum absolute atomic E-state index is 10.8. The first-order valence-corrected chi connectivity index (χ1v) is 6.02. The Kier molecular flexibility index (Phi) is 6.84. The van der Waals surface area contributed by atoms with Gasteiger partial charge in [-0.05, 0) is 28.1 Å². The predicted molar refractivity (Wildman–Crippen MR) is 67.7 cm³/mol. The molecule has 5 heteroatoms. The van der Waals surface area contributed by atoms with Gasteiger partial charge in [0.25, 0.3) is 0 Å². The molecule has 0 spiro atoms. The molecule has 1 rings (SSSR count). The quantitative estimate of drug-likeness (QED) is 0.546. The van der Waals surface area contributed by atoms with E-state index in [1.807, 2.05) is 6.07 Å². The standard InChI is InChI=1S/C12H15BrO4/c1-15-5-6-16-7-8-17-12-10(9-14)3-2-4-11(12)13/h2-4,9H,5-8H2,1H3. The van der Waals surface area contributed by atoms with E-state index in [1.54, 1.807) is 19.2 Å². The fraction of sp³-hybridized carbons (Fsp3) is 0.417. The minimum Gasteiger partial charge on any atom is -0.489 e. The van der Waals surface area contributed by atoms with E-state index in [1.165, 1.54) is 0 Å². The molecule has 0 aliphatic carbocycles. The molecule has 0 saturated carbocycles. The first-order valence-electron chi connectivity index (χ1n) is 5.22. The highest BCUT2D eigenvalue weighted by molar-refractivity contribution is 9.10. The van der Waals surface area contributed by atoms with E-state index in [-0.39, 0.29) is 0 Å². The molecule has 0 bridgehead atoms. The highest BCUT2D eigenvalue weighted by atomic mass is 79.9. The van der Waals surface area contributed by atoms with Crippen LogP contribution in [0.25, 0.3) is 0 Å². The molecule has 0 aromatic heterocycles. The third-order valence-corrected chi connectivity index (χ3v) is 2.65. The van der Waals surface area contributed by atoms with Crippen molar-refractivity contribution in [1.29, 1.82) is 0 Å². The lowest BCUT2D eigenvalue weighted by molar-refractivity contribution is 0.0541. The monoisotopic (exact) mass is 302 g/mol. The number of rotatable bonds is 8. The van der Waals surface area contributed by atoms with Crippen molar-refractivity contribution in [1.82, 2.24) is 0 Å². The highest BCUT2D eigenvalue weighted by Crippen LogP contribution is 2.27. The second-order valence-electron chi connectivity index (χ2n) is 3.23. The van der Waals surface area contributed by atoms with Crippen LogP contribution in [0.5, 0.6) is 5.75 Å². The summed E-state index contributed by atoms with van der Waals surface area (Å²) in [5.74, 6) is 0.554. The van der Waals surface area contributed by atoms with E-state index < -0.39 is 0 Å². The minimum absolute atomic E-state index is 0.396. The van der Waals surface area contributed by atoms with Crippen LogP contribution in [0.3, 0.4) is 0 Å². The number of methoxy groups -OCH3 is 1. The zero-order valence-electron chi connectivity index (χ0n) is 9.65. The third-order valence-electron chi connectivity index (χ3n) is 2.03. The van der Waals surface area contributed by atoms with E-state index in [2.05, 4.69) is 15.9 Å². The molecule has 0 atom stereocenters. The summed E-state index contributed by atoms with van der Waals surface area (Å²) >= 11 is 3.34. The van der Waals surface area contributed by atoms with Crippen molar-refractivity contribution in [2.75, 3.05) is 33.5 Å². The Hall–Kier alpha value is -0.910. The Morgan fingerprint density at radius 3 is 2.71 bits per heavy atom. The van der Waals surface area contributed by atoms with Crippen LogP contribution in [-0.2, 0) is 9.47 Å². The summed E-state index contributed by atoms with van der Waals surface area (Å²) in [6.07, 6.45) is 0.770. The molecule has 4 nitrogen and oxygen atoms in total. The summed E-state index contributed by atoms with van der Waals surface area (Å²) in [6, 6.07) is 5.32. The lowest BCUT2D eigenvalue weighted by Crippen LogP contribution is -2.11. The molecule has 0 radical (unpaired) electrons. The van der Waals surface area contributed by atoms with E-state index in [9.17, 15) is 4.79 Å². The Balaban J connectivity index is 2.38. The molecule has 0 amide bonds. The average molecular weight is 303 g/mol. The van der Waals surface area contributed by atoms with Crippen LogP contribution < -0.4 is 4.74 Å². The van der Waals surface area contributed by atoms with E-state index in [0.29, 0.717) is 37.7 Å². The molecule has 0 aliphatic heterocycles. The topological polar surface area (TPSA) is 44.8 Å². The fourth-order valence-electron chi connectivity index (χ4n) is 1.22. The van der Waals surface area contributed by atoms with Crippen LogP contribution in [0, 0.1) is 0 Å². The molecular weight excluding hydrogens is 288 g/mol. The summed E-state index contributed by atoms with van der Waals surface area (Å²) in [5.41, 5.74) is 0.524. The number of halogens is 1. The molecular formula is C12H15BrO4. The summed E-state index contributed by atoms with van der Waals surface area (Å²) < 4.78 is 16.4. The highest BCUT2D eigenvalue weighted by Gasteiger charge is 2.06. The van der Waals surface area contributed by atoms with Gasteiger partial charge in [-0.15, -0.1) is 0 Å². The number of carbonyl (C=O) groups excluding carboxylic acids is 1. The number of hydrogen-bond acceptors (Lipinski definition) is 4. The summed E-state index contributed by atoms with van der Waals surface area (Å²) in [4.78, 5) is 10.8. The number of ether oxygens (including phenoxy) is 3. The lowest BCUT2D eigenvalue weighted by Gasteiger charge is -2.10. The SMILES string of the molecule is COCCOCCOc1c(Br)cccc1C=O. The Morgan fingerprint density at radius 1 is 1.24 bits per heavy atom. The van der Waals surface area contributed by atoms with Crippen molar-refractivity contribution in [2.24, 2.45) is 0 Å². The zero-order chi connectivity index (χ0) is 12.5. The molecule has 1 aromatic carbocycles. The van der Waals surface area contributed by atoms with Crippen molar-refractivity contribution in [3.05, 3.63) is 28.2 Å². The molecule has 0 aliphatic rings. The molecule has 0 fully saturated rings. The van der Waals surface area contributed by atoms with Crippen molar-refractivity contribution in [3.63, 3.8) is 0 Å². The van der Waals surface area contributed by atoms with Gasteiger partial charge in [-0.25, -0.2) is 0 Å². The number of carbonyl (C=O) groups is 1. The molecule has 17 heavy (non-hydrogen) atoms. The molecule has 0 heterocycles.